The SMILES string of the molecule is O=C(OC1=C2C=CC3(C=C2c2ccc(OC(=O)c4ccc(C(=O)O)c(C(=O)O)c4)cc2O1)Cc1cccc2ccc4cccc3c4c12)c1ccc(C(=O)O)c(C(=O)O)c1. The zero-order valence-corrected chi connectivity index (χ0v) is 30.2. The number of rotatable bonds is 8. The average Bonchev–Trinajstić information content (AvgIpc) is 3.22. The molecule has 6 aromatic carbocycles. The lowest BCUT2D eigenvalue weighted by molar-refractivity contribution is 0.0467. The number of allylic oxidation sites excluding steroid dienone is 5. The van der Waals surface area contributed by atoms with E-state index in [0.29, 0.717) is 23.1 Å². The summed E-state index contributed by atoms with van der Waals surface area (Å²) in [6.45, 7) is 0. The molecule has 1 atom stereocenters. The standard InChI is InChI=1S/C46H26O13/c47-39(48)29-12-9-24(17-32(29)41(51)52)43(55)57-27-11-14-28-34-21-46(20-26-5-1-3-22-7-8-23-4-2-6-35(46)38(23)37(22)26)16-15-31(34)45(58-36(28)19-27)59-44(56)25-10-13-30(40(49)50)33(18-25)42(53)54/h1-19,21H,20H2,(H,47,48)(H,49,50)(H,51,52)(H,53,54). The van der Waals surface area contributed by atoms with Crippen molar-refractivity contribution in [3.63, 3.8) is 0 Å². The van der Waals surface area contributed by atoms with Gasteiger partial charge in [-0.15, -0.1) is 0 Å². The van der Waals surface area contributed by atoms with E-state index in [0.717, 1.165) is 69.1 Å². The van der Waals surface area contributed by atoms with Crippen LogP contribution in [0.4, 0.5) is 0 Å². The normalized spacial score (nSPS) is 15.9. The third-order valence-corrected chi connectivity index (χ3v) is 10.7. The van der Waals surface area contributed by atoms with Crippen LogP contribution in [0.25, 0.3) is 27.1 Å². The Bertz CT molecular complexity index is 3060. The summed E-state index contributed by atoms with van der Waals surface area (Å²) in [5.41, 5.74) is 0.210. The lowest BCUT2D eigenvalue weighted by atomic mass is 9.65. The quantitative estimate of drug-likeness (QED) is 0.0657. The smallest absolute Gasteiger partial charge is 0.345 e. The van der Waals surface area contributed by atoms with E-state index >= 15 is 0 Å². The molecule has 0 amide bonds. The first-order valence-electron chi connectivity index (χ1n) is 17.9. The van der Waals surface area contributed by atoms with Gasteiger partial charge in [0.15, 0.2) is 0 Å². The van der Waals surface area contributed by atoms with E-state index in [2.05, 4.69) is 42.5 Å². The Morgan fingerprint density at radius 2 is 1.19 bits per heavy atom. The van der Waals surface area contributed by atoms with Crippen LogP contribution in [0.3, 0.4) is 0 Å². The molecule has 0 saturated carbocycles. The van der Waals surface area contributed by atoms with Crippen LogP contribution in [-0.2, 0) is 16.6 Å². The molecule has 0 fully saturated rings. The number of benzene rings is 6. The van der Waals surface area contributed by atoms with Gasteiger partial charge in [0, 0.05) is 17.0 Å². The van der Waals surface area contributed by atoms with Crippen molar-refractivity contribution in [3.05, 3.63) is 183 Å². The van der Waals surface area contributed by atoms with E-state index < -0.39 is 63.5 Å². The van der Waals surface area contributed by atoms with Crippen LogP contribution in [0.5, 0.6) is 11.5 Å². The number of fused-ring (bicyclic) bond motifs is 4. The van der Waals surface area contributed by atoms with Crippen LogP contribution in [0.1, 0.15) is 78.8 Å². The molecule has 0 aromatic heterocycles. The summed E-state index contributed by atoms with van der Waals surface area (Å²) in [5.74, 6) is -8.40. The van der Waals surface area contributed by atoms with Crippen LogP contribution in [0.2, 0.25) is 0 Å². The number of aromatic carboxylic acids is 4. The number of carboxylic acids is 4. The minimum Gasteiger partial charge on any atom is -0.478 e. The van der Waals surface area contributed by atoms with Crippen LogP contribution in [0.15, 0.2) is 133 Å². The van der Waals surface area contributed by atoms with Crippen molar-refractivity contribution >= 4 is 62.9 Å². The van der Waals surface area contributed by atoms with Gasteiger partial charge in [0.05, 0.1) is 39.0 Å². The van der Waals surface area contributed by atoms with Crippen molar-refractivity contribution in [1.82, 2.24) is 0 Å². The van der Waals surface area contributed by atoms with E-state index in [1.807, 2.05) is 18.2 Å². The van der Waals surface area contributed by atoms with E-state index in [9.17, 15) is 49.2 Å². The van der Waals surface area contributed by atoms with Gasteiger partial charge in [-0.1, -0.05) is 60.7 Å². The number of carbonyl (C=O) groups is 6. The Balaban J connectivity index is 1.15. The van der Waals surface area contributed by atoms with Crippen LogP contribution in [0, 0.1) is 0 Å². The second-order valence-electron chi connectivity index (χ2n) is 14.1. The molecule has 59 heavy (non-hydrogen) atoms. The Kier molecular flexibility index (Phi) is 8.26. The maximum Gasteiger partial charge on any atom is 0.345 e. The van der Waals surface area contributed by atoms with E-state index in [1.165, 1.54) is 12.1 Å². The molecule has 9 rings (SSSR count). The van der Waals surface area contributed by atoms with Gasteiger partial charge in [-0.25, -0.2) is 28.8 Å². The Labute approximate surface area is 331 Å². The van der Waals surface area contributed by atoms with Crippen molar-refractivity contribution in [1.29, 1.82) is 0 Å². The van der Waals surface area contributed by atoms with Crippen molar-refractivity contribution in [2.24, 2.45) is 0 Å². The highest BCUT2D eigenvalue weighted by molar-refractivity contribution is 6.13. The fourth-order valence-electron chi connectivity index (χ4n) is 8.04. The minimum atomic E-state index is -1.56. The number of carbonyl (C=O) groups excluding carboxylic acids is 2. The molecule has 1 spiro atoms. The number of carboxylic acid groups (broad SMARTS) is 4. The predicted molar refractivity (Wildman–Crippen MR) is 209 cm³/mol. The van der Waals surface area contributed by atoms with Gasteiger partial charge in [0.2, 0.25) is 0 Å². The van der Waals surface area contributed by atoms with Crippen molar-refractivity contribution in [2.45, 2.75) is 11.8 Å². The predicted octanol–water partition coefficient (Wildman–Crippen LogP) is 7.91. The zero-order chi connectivity index (χ0) is 41.3. The maximum atomic E-state index is 13.7. The fourth-order valence-corrected chi connectivity index (χ4v) is 8.04. The summed E-state index contributed by atoms with van der Waals surface area (Å²) in [6.07, 6.45) is 6.45. The minimum absolute atomic E-state index is 0.0536. The molecular formula is C46H26O13. The molecule has 288 valence electrons. The number of ether oxygens (including phenoxy) is 3. The van der Waals surface area contributed by atoms with Gasteiger partial charge in [-0.05, 0) is 99.3 Å². The molecule has 13 heteroatoms. The number of hydrogen-bond donors (Lipinski definition) is 4. The largest absolute Gasteiger partial charge is 0.478 e. The van der Waals surface area contributed by atoms with Crippen LogP contribution in [-0.4, -0.2) is 56.2 Å². The fraction of sp³-hybridized carbons (Fsp3) is 0.0435. The van der Waals surface area contributed by atoms with E-state index in [-0.39, 0.29) is 28.6 Å². The van der Waals surface area contributed by atoms with Crippen LogP contribution < -0.4 is 9.47 Å². The second-order valence-corrected chi connectivity index (χ2v) is 14.1. The maximum absolute atomic E-state index is 13.7. The molecule has 3 aliphatic rings. The van der Waals surface area contributed by atoms with Gasteiger partial charge in [0.1, 0.15) is 11.5 Å². The highest BCUT2D eigenvalue weighted by Crippen LogP contribution is 2.52. The summed E-state index contributed by atoms with van der Waals surface area (Å²) in [4.78, 5) is 73.8. The van der Waals surface area contributed by atoms with Gasteiger partial charge >= 0.3 is 41.8 Å². The Morgan fingerprint density at radius 3 is 1.81 bits per heavy atom. The summed E-state index contributed by atoms with van der Waals surface area (Å²) >= 11 is 0. The van der Waals surface area contributed by atoms with Gasteiger partial charge < -0.3 is 34.6 Å². The first-order chi connectivity index (χ1) is 28.3. The van der Waals surface area contributed by atoms with Gasteiger partial charge in [-0.3, -0.25) is 0 Å². The molecule has 0 bridgehead atoms. The molecule has 1 unspecified atom stereocenters. The molecule has 0 radical (unpaired) electrons. The van der Waals surface area contributed by atoms with Gasteiger partial charge in [0.25, 0.3) is 0 Å². The van der Waals surface area contributed by atoms with Crippen molar-refractivity contribution in [3.8, 4) is 11.5 Å². The molecular weight excluding hydrogens is 760 g/mol. The molecule has 1 heterocycles. The highest BCUT2D eigenvalue weighted by atomic mass is 16.7. The van der Waals surface area contributed by atoms with E-state index in [4.69, 9.17) is 14.2 Å². The zero-order valence-electron chi connectivity index (χ0n) is 30.2. The molecule has 4 N–H and O–H groups in total. The average molecular weight is 787 g/mol. The molecule has 2 aliphatic carbocycles. The third-order valence-electron chi connectivity index (χ3n) is 10.7. The molecule has 6 aromatic rings. The summed E-state index contributed by atoms with van der Waals surface area (Å²) in [5, 5.41) is 42.5. The lowest BCUT2D eigenvalue weighted by Gasteiger charge is -2.38. The number of esters is 2. The van der Waals surface area contributed by atoms with Crippen molar-refractivity contribution < 1.29 is 63.4 Å². The monoisotopic (exact) mass is 786 g/mol. The first-order valence-corrected chi connectivity index (χ1v) is 17.9. The van der Waals surface area contributed by atoms with Gasteiger partial charge in [-0.2, -0.15) is 0 Å². The molecule has 1 aliphatic heterocycles. The Hall–Kier alpha value is -8.32. The second kappa shape index (κ2) is 13.4. The highest BCUT2D eigenvalue weighted by Gasteiger charge is 2.40. The summed E-state index contributed by atoms with van der Waals surface area (Å²) < 4.78 is 17.6. The molecule has 13 nitrogen and oxygen atoms in total. The van der Waals surface area contributed by atoms with Crippen LogP contribution >= 0.6 is 0 Å². The topological polar surface area (TPSA) is 211 Å². The first kappa shape index (κ1) is 36.3. The lowest BCUT2D eigenvalue weighted by Crippen LogP contribution is -2.30. The summed E-state index contributed by atoms with van der Waals surface area (Å²) in [7, 11) is 0. The third kappa shape index (κ3) is 5.96. The number of hydrogen-bond acceptors (Lipinski definition) is 9. The Morgan fingerprint density at radius 1 is 0.593 bits per heavy atom. The molecule has 0 saturated heterocycles. The summed E-state index contributed by atoms with van der Waals surface area (Å²) in [6, 6.07) is 27.1. The van der Waals surface area contributed by atoms with E-state index in [1.54, 1.807) is 12.1 Å². The van der Waals surface area contributed by atoms with Crippen molar-refractivity contribution in [2.75, 3.05) is 0 Å².